The van der Waals surface area contributed by atoms with Gasteiger partial charge >= 0.3 is 12.2 Å². The van der Waals surface area contributed by atoms with Crippen LogP contribution >= 0.6 is 0 Å². The molecule has 0 aliphatic carbocycles. The highest BCUT2D eigenvalue weighted by Crippen LogP contribution is 2.23. The van der Waals surface area contributed by atoms with Gasteiger partial charge in [0.25, 0.3) is 0 Å². The third kappa shape index (κ3) is 5.61. The standard InChI is InChI=1S/C18H26N2O4/c1-5-18(4,14-13-15-11-9-8-10-12-15)20(17(22)24-7-3)19-16(21)23-6-2/h5,8-12H,1,6-7,13-14H2,2-4H3,(H,19,21). The Morgan fingerprint density at radius 1 is 1.21 bits per heavy atom. The summed E-state index contributed by atoms with van der Waals surface area (Å²) in [7, 11) is 0. The number of nitrogens with zero attached hydrogens (tertiary/aromatic N) is 1. The smallest absolute Gasteiger partial charge is 0.429 e. The van der Waals surface area contributed by atoms with E-state index >= 15 is 0 Å². The van der Waals surface area contributed by atoms with Gasteiger partial charge in [0.05, 0.1) is 18.8 Å². The molecule has 0 aromatic heterocycles. The number of hydrazine groups is 1. The molecule has 6 nitrogen and oxygen atoms in total. The molecule has 6 heteroatoms. The predicted molar refractivity (Wildman–Crippen MR) is 92.4 cm³/mol. The normalized spacial score (nSPS) is 12.6. The van der Waals surface area contributed by atoms with Gasteiger partial charge in [0, 0.05) is 0 Å². The molecule has 1 aromatic rings. The van der Waals surface area contributed by atoms with Gasteiger partial charge in [-0.2, -0.15) is 0 Å². The molecule has 132 valence electrons. The Morgan fingerprint density at radius 3 is 2.38 bits per heavy atom. The number of hydrogen-bond acceptors (Lipinski definition) is 4. The summed E-state index contributed by atoms with van der Waals surface area (Å²) in [6.07, 6.45) is 1.54. The van der Waals surface area contributed by atoms with E-state index in [1.165, 1.54) is 0 Å². The van der Waals surface area contributed by atoms with Crippen molar-refractivity contribution >= 4 is 12.2 Å². The number of rotatable bonds is 7. The molecule has 1 N–H and O–H groups in total. The SMILES string of the molecule is C=CC(C)(CCc1ccccc1)N(NC(=O)OCC)C(=O)OCC. The van der Waals surface area contributed by atoms with E-state index in [-0.39, 0.29) is 13.2 Å². The van der Waals surface area contributed by atoms with Crippen molar-refractivity contribution in [3.8, 4) is 0 Å². The van der Waals surface area contributed by atoms with Gasteiger partial charge in [-0.15, -0.1) is 6.58 Å². The highest BCUT2D eigenvalue weighted by Gasteiger charge is 2.35. The molecule has 1 aromatic carbocycles. The summed E-state index contributed by atoms with van der Waals surface area (Å²) in [6, 6.07) is 9.89. The topological polar surface area (TPSA) is 67.9 Å². The third-order valence-corrected chi connectivity index (χ3v) is 3.64. The van der Waals surface area contributed by atoms with Crippen molar-refractivity contribution in [3.63, 3.8) is 0 Å². The Labute approximate surface area is 143 Å². The van der Waals surface area contributed by atoms with Crippen LogP contribution in [-0.4, -0.2) is 35.9 Å². The van der Waals surface area contributed by atoms with Gasteiger partial charge in [-0.25, -0.2) is 20.0 Å². The highest BCUT2D eigenvalue weighted by atomic mass is 16.6. The zero-order valence-corrected chi connectivity index (χ0v) is 14.6. The number of carbonyl (C=O) groups is 2. The first-order valence-electron chi connectivity index (χ1n) is 8.04. The van der Waals surface area contributed by atoms with E-state index in [0.717, 1.165) is 10.6 Å². The first kappa shape index (κ1) is 19.5. The molecule has 0 radical (unpaired) electrons. The van der Waals surface area contributed by atoms with Crippen molar-refractivity contribution in [2.45, 2.75) is 39.2 Å². The van der Waals surface area contributed by atoms with E-state index < -0.39 is 17.7 Å². The van der Waals surface area contributed by atoms with Crippen LogP contribution in [0.2, 0.25) is 0 Å². The van der Waals surface area contributed by atoms with Crippen molar-refractivity contribution in [3.05, 3.63) is 48.6 Å². The minimum atomic E-state index is -0.825. The Morgan fingerprint density at radius 2 is 1.83 bits per heavy atom. The zero-order valence-electron chi connectivity index (χ0n) is 14.6. The average Bonchev–Trinajstić information content (AvgIpc) is 2.59. The Balaban J connectivity index is 2.93. The minimum absolute atomic E-state index is 0.200. The van der Waals surface area contributed by atoms with Crippen molar-refractivity contribution in [1.29, 1.82) is 0 Å². The van der Waals surface area contributed by atoms with Crippen LogP contribution in [0.3, 0.4) is 0 Å². The molecule has 2 amide bonds. The van der Waals surface area contributed by atoms with Gasteiger partial charge < -0.3 is 9.47 Å². The van der Waals surface area contributed by atoms with Gasteiger partial charge in [-0.05, 0) is 39.2 Å². The fourth-order valence-electron chi connectivity index (χ4n) is 2.17. The molecule has 0 bridgehead atoms. The Kier molecular flexibility index (Phi) is 7.82. The fourth-order valence-corrected chi connectivity index (χ4v) is 2.17. The quantitative estimate of drug-likeness (QED) is 0.610. The summed E-state index contributed by atoms with van der Waals surface area (Å²) in [5.41, 5.74) is 2.76. The monoisotopic (exact) mass is 334 g/mol. The number of benzene rings is 1. The Bertz CT molecular complexity index is 547. The van der Waals surface area contributed by atoms with Crippen molar-refractivity contribution in [2.75, 3.05) is 13.2 Å². The van der Waals surface area contributed by atoms with Gasteiger partial charge in [0.2, 0.25) is 0 Å². The second-order valence-electron chi connectivity index (χ2n) is 5.41. The van der Waals surface area contributed by atoms with Crippen LogP contribution in [0.25, 0.3) is 0 Å². The van der Waals surface area contributed by atoms with Crippen LogP contribution < -0.4 is 5.43 Å². The van der Waals surface area contributed by atoms with Gasteiger partial charge in [-0.3, -0.25) is 0 Å². The maximum Gasteiger partial charge on any atom is 0.429 e. The van der Waals surface area contributed by atoms with E-state index in [1.807, 2.05) is 37.3 Å². The van der Waals surface area contributed by atoms with E-state index in [0.29, 0.717) is 12.8 Å². The maximum atomic E-state index is 12.3. The van der Waals surface area contributed by atoms with E-state index in [9.17, 15) is 9.59 Å². The minimum Gasteiger partial charge on any atom is -0.449 e. The largest absolute Gasteiger partial charge is 0.449 e. The van der Waals surface area contributed by atoms with Gasteiger partial charge in [0.15, 0.2) is 0 Å². The predicted octanol–water partition coefficient (Wildman–Crippen LogP) is 3.68. The van der Waals surface area contributed by atoms with Crippen LogP contribution in [-0.2, 0) is 15.9 Å². The second-order valence-corrected chi connectivity index (χ2v) is 5.41. The molecule has 0 fully saturated rings. The molecular formula is C18H26N2O4. The summed E-state index contributed by atoms with van der Waals surface area (Å²) in [5, 5.41) is 1.14. The molecule has 1 rings (SSSR count). The number of ether oxygens (including phenoxy) is 2. The summed E-state index contributed by atoms with van der Waals surface area (Å²) in [4.78, 5) is 24.1. The van der Waals surface area contributed by atoms with E-state index in [1.54, 1.807) is 19.9 Å². The Hall–Kier alpha value is -2.50. The number of amides is 2. The van der Waals surface area contributed by atoms with Crippen LogP contribution in [0.15, 0.2) is 43.0 Å². The molecule has 0 heterocycles. The molecular weight excluding hydrogens is 308 g/mol. The second kappa shape index (κ2) is 9.60. The van der Waals surface area contributed by atoms with E-state index in [4.69, 9.17) is 9.47 Å². The first-order chi connectivity index (χ1) is 11.5. The number of carbonyl (C=O) groups excluding carboxylic acids is 2. The molecule has 1 unspecified atom stereocenters. The molecule has 0 aliphatic heterocycles. The van der Waals surface area contributed by atoms with Gasteiger partial charge in [0.1, 0.15) is 0 Å². The maximum absolute atomic E-state index is 12.3. The summed E-state index contributed by atoms with van der Waals surface area (Å²) < 4.78 is 9.92. The number of aryl methyl sites for hydroxylation is 1. The van der Waals surface area contributed by atoms with Gasteiger partial charge in [-0.1, -0.05) is 36.4 Å². The van der Waals surface area contributed by atoms with Crippen molar-refractivity contribution in [1.82, 2.24) is 10.4 Å². The lowest BCUT2D eigenvalue weighted by Crippen LogP contribution is -2.58. The molecule has 24 heavy (non-hydrogen) atoms. The van der Waals surface area contributed by atoms with Crippen LogP contribution in [0, 0.1) is 0 Å². The lowest BCUT2D eigenvalue weighted by Gasteiger charge is -2.37. The van der Waals surface area contributed by atoms with Crippen LogP contribution in [0.1, 0.15) is 32.8 Å². The highest BCUT2D eigenvalue weighted by molar-refractivity contribution is 5.75. The average molecular weight is 334 g/mol. The van der Waals surface area contributed by atoms with Crippen molar-refractivity contribution < 1.29 is 19.1 Å². The molecule has 0 aliphatic rings. The molecule has 0 saturated carbocycles. The lowest BCUT2D eigenvalue weighted by atomic mass is 9.93. The summed E-state index contributed by atoms with van der Waals surface area (Å²) >= 11 is 0. The summed E-state index contributed by atoms with van der Waals surface area (Å²) in [6.45, 7) is 9.43. The fraction of sp³-hybridized carbons (Fsp3) is 0.444. The van der Waals surface area contributed by atoms with Crippen molar-refractivity contribution in [2.24, 2.45) is 0 Å². The number of hydrogen-bond donors (Lipinski definition) is 1. The lowest BCUT2D eigenvalue weighted by molar-refractivity contribution is 0.0361. The zero-order chi connectivity index (χ0) is 18.0. The van der Waals surface area contributed by atoms with Crippen LogP contribution in [0.4, 0.5) is 9.59 Å². The molecule has 0 spiro atoms. The summed E-state index contributed by atoms with van der Waals surface area (Å²) in [5.74, 6) is 0. The number of nitrogens with one attached hydrogen (secondary N) is 1. The molecule has 1 atom stereocenters. The molecule has 0 saturated heterocycles. The first-order valence-corrected chi connectivity index (χ1v) is 8.04. The van der Waals surface area contributed by atoms with Crippen LogP contribution in [0.5, 0.6) is 0 Å². The van der Waals surface area contributed by atoms with E-state index in [2.05, 4.69) is 12.0 Å². The third-order valence-electron chi connectivity index (χ3n) is 3.64.